The number of aromatic carboxylic acids is 1. The molecular weight excluding hydrogens is 251 g/mol. The number of aromatic nitrogens is 2. The number of rotatable bonds is 4. The first-order valence-corrected chi connectivity index (χ1v) is 5.60. The largest absolute Gasteiger partial charge is 0.478 e. The third-order valence-electron chi connectivity index (χ3n) is 2.40. The van der Waals surface area contributed by atoms with Gasteiger partial charge in [0.05, 0.1) is 30.3 Å². The van der Waals surface area contributed by atoms with Crippen molar-refractivity contribution in [3.8, 4) is 17.1 Å². The second-order valence-corrected chi connectivity index (χ2v) is 3.68. The zero-order valence-corrected chi connectivity index (χ0v) is 10.1. The van der Waals surface area contributed by atoms with Crippen LogP contribution in [0.5, 0.6) is 5.88 Å². The number of hydrogen-bond acceptors (Lipinski definition) is 4. The summed E-state index contributed by atoms with van der Waals surface area (Å²) < 4.78 is 18.8. The van der Waals surface area contributed by atoms with Crippen molar-refractivity contribution in [1.82, 2.24) is 9.97 Å². The molecule has 98 valence electrons. The molecule has 0 aliphatic carbocycles. The average molecular weight is 262 g/mol. The molecule has 0 bridgehead atoms. The van der Waals surface area contributed by atoms with Crippen molar-refractivity contribution >= 4 is 5.97 Å². The van der Waals surface area contributed by atoms with Crippen LogP contribution in [0, 0.1) is 5.82 Å². The lowest BCUT2D eigenvalue weighted by Gasteiger charge is -2.05. The van der Waals surface area contributed by atoms with Crippen LogP contribution in [-0.2, 0) is 0 Å². The van der Waals surface area contributed by atoms with Crippen LogP contribution in [0.2, 0.25) is 0 Å². The smallest absolute Gasteiger partial charge is 0.338 e. The number of ether oxygens (including phenoxy) is 1. The molecule has 0 radical (unpaired) electrons. The van der Waals surface area contributed by atoms with E-state index in [0.29, 0.717) is 23.7 Å². The van der Waals surface area contributed by atoms with Crippen molar-refractivity contribution in [1.29, 1.82) is 0 Å². The number of carbonyl (C=O) groups is 1. The van der Waals surface area contributed by atoms with Crippen LogP contribution < -0.4 is 4.74 Å². The van der Waals surface area contributed by atoms with Crippen molar-refractivity contribution in [3.63, 3.8) is 0 Å². The fourth-order valence-corrected chi connectivity index (χ4v) is 1.55. The number of carboxylic acid groups (broad SMARTS) is 1. The van der Waals surface area contributed by atoms with E-state index in [2.05, 4.69) is 9.97 Å². The highest BCUT2D eigenvalue weighted by atomic mass is 19.1. The van der Waals surface area contributed by atoms with Crippen LogP contribution in [-0.4, -0.2) is 27.7 Å². The van der Waals surface area contributed by atoms with Crippen molar-refractivity contribution < 1.29 is 19.0 Å². The summed E-state index contributed by atoms with van der Waals surface area (Å²) in [7, 11) is 0. The Morgan fingerprint density at radius 2 is 2.21 bits per heavy atom. The number of carboxylic acids is 1. The molecule has 2 aromatic rings. The molecule has 0 fully saturated rings. The van der Waals surface area contributed by atoms with Gasteiger partial charge in [0.15, 0.2) is 0 Å². The number of hydrogen-bond donors (Lipinski definition) is 1. The molecule has 1 N–H and O–H groups in total. The van der Waals surface area contributed by atoms with Gasteiger partial charge in [0.2, 0.25) is 5.88 Å². The van der Waals surface area contributed by atoms with Crippen molar-refractivity contribution in [3.05, 3.63) is 42.0 Å². The second-order valence-electron chi connectivity index (χ2n) is 3.68. The van der Waals surface area contributed by atoms with E-state index in [9.17, 15) is 9.18 Å². The minimum Gasteiger partial charge on any atom is -0.478 e. The molecule has 1 aromatic carbocycles. The molecule has 0 aliphatic rings. The highest BCUT2D eigenvalue weighted by Crippen LogP contribution is 2.21. The van der Waals surface area contributed by atoms with Gasteiger partial charge >= 0.3 is 5.97 Å². The zero-order chi connectivity index (χ0) is 13.8. The van der Waals surface area contributed by atoms with E-state index in [4.69, 9.17) is 9.84 Å². The third-order valence-corrected chi connectivity index (χ3v) is 2.40. The van der Waals surface area contributed by atoms with Crippen LogP contribution in [0.3, 0.4) is 0 Å². The molecule has 0 spiro atoms. The number of benzene rings is 1. The molecule has 19 heavy (non-hydrogen) atoms. The topological polar surface area (TPSA) is 72.3 Å². The van der Waals surface area contributed by atoms with Crippen molar-refractivity contribution in [2.45, 2.75) is 6.92 Å². The summed E-state index contributed by atoms with van der Waals surface area (Å²) in [6.07, 6.45) is 2.91. The number of nitrogens with zero attached hydrogens (tertiary/aromatic N) is 2. The molecule has 1 aromatic heterocycles. The lowest BCUT2D eigenvalue weighted by Crippen LogP contribution is -2.01. The normalized spacial score (nSPS) is 10.2. The van der Waals surface area contributed by atoms with E-state index < -0.39 is 11.8 Å². The standard InChI is InChI=1S/C13H11FN2O3/c1-2-19-12-7-15-6-11(16-12)8-3-4-9(13(17)18)10(14)5-8/h3-7H,2H2,1H3,(H,17,18). The maximum absolute atomic E-state index is 13.6. The van der Waals surface area contributed by atoms with Gasteiger partial charge in [-0.2, -0.15) is 0 Å². The molecule has 2 rings (SSSR count). The van der Waals surface area contributed by atoms with Crippen LogP contribution in [0.1, 0.15) is 17.3 Å². The first-order valence-electron chi connectivity index (χ1n) is 5.60. The number of halogens is 1. The summed E-state index contributed by atoms with van der Waals surface area (Å²) >= 11 is 0. The zero-order valence-electron chi connectivity index (χ0n) is 10.1. The van der Waals surface area contributed by atoms with Gasteiger partial charge in [0, 0.05) is 5.56 Å². The predicted molar refractivity (Wildman–Crippen MR) is 65.6 cm³/mol. The first kappa shape index (κ1) is 12.9. The van der Waals surface area contributed by atoms with Crippen LogP contribution in [0.15, 0.2) is 30.6 Å². The Kier molecular flexibility index (Phi) is 3.70. The third kappa shape index (κ3) is 2.85. The highest BCUT2D eigenvalue weighted by Gasteiger charge is 2.12. The lowest BCUT2D eigenvalue weighted by molar-refractivity contribution is 0.0692. The molecular formula is C13H11FN2O3. The van der Waals surface area contributed by atoms with Gasteiger partial charge in [-0.15, -0.1) is 0 Å². The minimum atomic E-state index is -1.31. The van der Waals surface area contributed by atoms with Crippen LogP contribution >= 0.6 is 0 Å². The van der Waals surface area contributed by atoms with Crippen LogP contribution in [0.4, 0.5) is 4.39 Å². The maximum atomic E-state index is 13.6. The Bertz CT molecular complexity index is 617. The summed E-state index contributed by atoms with van der Waals surface area (Å²) in [4.78, 5) is 18.8. The molecule has 0 atom stereocenters. The minimum absolute atomic E-state index is 0.336. The van der Waals surface area contributed by atoms with Gasteiger partial charge in [-0.25, -0.2) is 14.2 Å². The Hall–Kier alpha value is -2.50. The summed E-state index contributed by atoms with van der Waals surface area (Å²) in [6, 6.07) is 3.79. The summed E-state index contributed by atoms with van der Waals surface area (Å²) in [5, 5.41) is 8.75. The summed E-state index contributed by atoms with van der Waals surface area (Å²) in [5.74, 6) is -1.78. The van der Waals surface area contributed by atoms with Gasteiger partial charge < -0.3 is 9.84 Å². The Balaban J connectivity index is 2.39. The van der Waals surface area contributed by atoms with Crippen molar-refractivity contribution in [2.24, 2.45) is 0 Å². The monoisotopic (exact) mass is 262 g/mol. The molecule has 0 saturated carbocycles. The van der Waals surface area contributed by atoms with Crippen molar-refractivity contribution in [2.75, 3.05) is 6.61 Å². The lowest BCUT2D eigenvalue weighted by atomic mass is 10.1. The Labute approximate surface area is 108 Å². The molecule has 0 saturated heterocycles. The predicted octanol–water partition coefficient (Wildman–Crippen LogP) is 2.38. The first-order chi connectivity index (χ1) is 9.11. The van der Waals surface area contributed by atoms with Gasteiger partial charge in [-0.1, -0.05) is 6.07 Å². The highest BCUT2D eigenvalue weighted by molar-refractivity contribution is 5.88. The van der Waals surface area contributed by atoms with Crippen LogP contribution in [0.25, 0.3) is 11.3 Å². The average Bonchev–Trinajstić information content (AvgIpc) is 2.39. The molecule has 0 unspecified atom stereocenters. The summed E-state index contributed by atoms with van der Waals surface area (Å²) in [5.41, 5.74) is 0.482. The molecule has 5 nitrogen and oxygen atoms in total. The fourth-order valence-electron chi connectivity index (χ4n) is 1.55. The quantitative estimate of drug-likeness (QED) is 0.915. The SMILES string of the molecule is CCOc1cncc(-c2ccc(C(=O)O)c(F)c2)n1. The molecule has 0 aliphatic heterocycles. The van der Waals surface area contributed by atoms with Gasteiger partial charge in [-0.3, -0.25) is 4.98 Å². The summed E-state index contributed by atoms with van der Waals surface area (Å²) in [6.45, 7) is 2.26. The van der Waals surface area contributed by atoms with Gasteiger partial charge in [0.25, 0.3) is 0 Å². The second kappa shape index (κ2) is 5.43. The van der Waals surface area contributed by atoms with E-state index in [1.807, 2.05) is 6.92 Å². The van der Waals surface area contributed by atoms with E-state index in [0.717, 1.165) is 6.07 Å². The van der Waals surface area contributed by atoms with Gasteiger partial charge in [0.1, 0.15) is 5.82 Å². The van der Waals surface area contributed by atoms with E-state index in [1.165, 1.54) is 24.5 Å². The Morgan fingerprint density at radius 3 is 2.84 bits per heavy atom. The Morgan fingerprint density at radius 1 is 1.42 bits per heavy atom. The molecule has 0 amide bonds. The van der Waals surface area contributed by atoms with E-state index >= 15 is 0 Å². The van der Waals surface area contributed by atoms with E-state index in [1.54, 1.807) is 0 Å². The maximum Gasteiger partial charge on any atom is 0.338 e. The molecule has 6 heteroatoms. The fraction of sp³-hybridized carbons (Fsp3) is 0.154. The molecule has 1 heterocycles. The van der Waals surface area contributed by atoms with E-state index in [-0.39, 0.29) is 5.56 Å². The van der Waals surface area contributed by atoms with Gasteiger partial charge in [-0.05, 0) is 19.1 Å².